The molecule has 0 spiro atoms. The van der Waals surface area contributed by atoms with Crippen LogP contribution in [0.3, 0.4) is 0 Å². The topological polar surface area (TPSA) is 27.7 Å². The van der Waals surface area contributed by atoms with Crippen molar-refractivity contribution < 1.29 is 40.6 Å². The maximum atomic E-state index is 12.2. The maximum absolute atomic E-state index is 12.2. The second-order valence-electron chi connectivity index (χ2n) is 3.65. The average molecular weight is 316 g/mol. The number of alkyl halides is 6. The first-order chi connectivity index (χ1) is 9.54. The summed E-state index contributed by atoms with van der Waals surface area (Å²) in [7, 11) is 1.22. The van der Waals surface area contributed by atoms with Gasteiger partial charge in [0, 0.05) is 11.6 Å². The van der Waals surface area contributed by atoms with Gasteiger partial charge in [0.15, 0.2) is 0 Å². The Labute approximate surface area is 115 Å². The highest BCUT2D eigenvalue weighted by Gasteiger charge is 2.34. The van der Waals surface area contributed by atoms with Crippen molar-refractivity contribution in [2.75, 3.05) is 7.11 Å². The van der Waals surface area contributed by atoms with Crippen LogP contribution in [0, 0.1) is 0 Å². The maximum Gasteiger partial charge on any atom is 0.573 e. The molecule has 0 radical (unpaired) electrons. The third-order valence-electron chi connectivity index (χ3n) is 2.11. The van der Waals surface area contributed by atoms with E-state index in [0.717, 1.165) is 12.1 Å². The van der Waals surface area contributed by atoms with Crippen LogP contribution in [-0.2, 0) is 4.74 Å². The van der Waals surface area contributed by atoms with Crippen molar-refractivity contribution in [2.24, 2.45) is 0 Å². The number of benzene rings is 1. The molecule has 21 heavy (non-hydrogen) atoms. The largest absolute Gasteiger partial charge is 0.573 e. The van der Waals surface area contributed by atoms with Gasteiger partial charge in [0.25, 0.3) is 0 Å². The van der Waals surface area contributed by atoms with E-state index in [1.807, 2.05) is 0 Å². The number of hydrogen-bond acceptors (Lipinski definition) is 3. The lowest BCUT2D eigenvalue weighted by Crippen LogP contribution is -2.19. The fourth-order valence-corrected chi connectivity index (χ4v) is 1.50. The Hall–Kier alpha value is -2.06. The minimum absolute atomic E-state index is 0.0546. The highest BCUT2D eigenvalue weighted by atomic mass is 19.4. The third-order valence-corrected chi connectivity index (χ3v) is 2.11. The van der Waals surface area contributed by atoms with E-state index in [1.54, 1.807) is 0 Å². The number of hydrogen-bond donors (Lipinski definition) is 0. The first kappa shape index (κ1) is 17.0. The quantitative estimate of drug-likeness (QED) is 0.605. The fraction of sp³-hybridized carbons (Fsp3) is 0.333. The van der Waals surface area contributed by atoms with Gasteiger partial charge >= 0.3 is 12.7 Å². The van der Waals surface area contributed by atoms with Crippen molar-refractivity contribution in [1.82, 2.24) is 0 Å². The molecule has 0 atom stereocenters. The van der Waals surface area contributed by atoms with Crippen LogP contribution < -0.4 is 9.47 Å². The highest BCUT2D eigenvalue weighted by molar-refractivity contribution is 5.63. The van der Waals surface area contributed by atoms with Crippen LogP contribution in [0.1, 0.15) is 12.5 Å². The van der Waals surface area contributed by atoms with E-state index >= 15 is 0 Å². The van der Waals surface area contributed by atoms with E-state index in [-0.39, 0.29) is 11.3 Å². The average Bonchev–Trinajstić information content (AvgIpc) is 2.25. The van der Waals surface area contributed by atoms with E-state index in [9.17, 15) is 26.3 Å². The molecule has 0 saturated carbocycles. The first-order valence-electron chi connectivity index (χ1n) is 5.41. The van der Waals surface area contributed by atoms with Crippen LogP contribution in [0.2, 0.25) is 0 Å². The minimum Gasteiger partial charge on any atom is -0.496 e. The minimum atomic E-state index is -5.04. The normalized spacial score (nSPS) is 13.0. The molecule has 0 aliphatic carbocycles. The van der Waals surface area contributed by atoms with Gasteiger partial charge < -0.3 is 14.2 Å². The summed E-state index contributed by atoms with van der Waals surface area (Å²) in [6, 6.07) is 2.25. The molecule has 0 N–H and O–H groups in total. The summed E-state index contributed by atoms with van der Waals surface area (Å²) in [5.74, 6) is -1.64. The van der Waals surface area contributed by atoms with Gasteiger partial charge in [0.2, 0.25) is 0 Å². The molecule has 3 nitrogen and oxygen atoms in total. The Morgan fingerprint density at radius 2 is 1.33 bits per heavy atom. The van der Waals surface area contributed by atoms with Crippen LogP contribution in [0.5, 0.6) is 11.5 Å². The molecule has 0 aliphatic rings. The molecular formula is C12H10F6O3. The zero-order valence-corrected chi connectivity index (χ0v) is 10.8. The van der Waals surface area contributed by atoms with Gasteiger partial charge in [-0.1, -0.05) is 0 Å². The lowest BCUT2D eigenvalue weighted by atomic mass is 10.1. The Morgan fingerprint density at radius 1 is 0.905 bits per heavy atom. The van der Waals surface area contributed by atoms with Crippen molar-refractivity contribution >= 4 is 5.76 Å². The molecule has 0 fully saturated rings. The Kier molecular flexibility index (Phi) is 4.97. The number of halogens is 6. The summed E-state index contributed by atoms with van der Waals surface area (Å²) in [5.41, 5.74) is -0.0546. The summed E-state index contributed by atoms with van der Waals surface area (Å²) in [4.78, 5) is 0. The SMILES string of the molecule is CC=C(OC)c1cc(OC(F)(F)F)cc(OC(F)(F)F)c1. The zero-order chi connectivity index (χ0) is 16.3. The van der Waals surface area contributed by atoms with Gasteiger partial charge in [-0.3, -0.25) is 0 Å². The van der Waals surface area contributed by atoms with Crippen LogP contribution in [0.25, 0.3) is 5.76 Å². The molecule has 0 unspecified atom stereocenters. The van der Waals surface area contributed by atoms with Gasteiger partial charge in [-0.05, 0) is 25.1 Å². The molecule has 1 rings (SSSR count). The molecule has 0 saturated heterocycles. The summed E-state index contributed by atoms with van der Waals surface area (Å²) in [6.45, 7) is 1.50. The van der Waals surface area contributed by atoms with E-state index in [0.29, 0.717) is 6.07 Å². The molecule has 1 aromatic rings. The van der Waals surface area contributed by atoms with Gasteiger partial charge in [-0.25, -0.2) is 0 Å². The zero-order valence-electron chi connectivity index (χ0n) is 10.8. The van der Waals surface area contributed by atoms with Gasteiger partial charge in [0.05, 0.1) is 7.11 Å². The van der Waals surface area contributed by atoms with Gasteiger partial charge in [-0.15, -0.1) is 26.3 Å². The number of rotatable bonds is 4. The molecule has 118 valence electrons. The molecule has 0 aromatic heterocycles. The molecule has 9 heteroatoms. The van der Waals surface area contributed by atoms with Crippen molar-refractivity contribution in [3.8, 4) is 11.5 Å². The summed E-state index contributed by atoms with van der Waals surface area (Å²) in [5, 5.41) is 0. The van der Waals surface area contributed by atoms with Crippen LogP contribution >= 0.6 is 0 Å². The lowest BCUT2D eigenvalue weighted by Gasteiger charge is -2.15. The van der Waals surface area contributed by atoms with Crippen LogP contribution in [0.15, 0.2) is 24.3 Å². The van der Waals surface area contributed by atoms with Crippen LogP contribution in [0.4, 0.5) is 26.3 Å². The third kappa shape index (κ3) is 5.84. The Bertz CT molecular complexity index is 484. The molecule has 0 amide bonds. The summed E-state index contributed by atoms with van der Waals surface area (Å²) in [6.07, 6.45) is -8.72. The fourth-order valence-electron chi connectivity index (χ4n) is 1.50. The summed E-state index contributed by atoms with van der Waals surface area (Å²) < 4.78 is 85.1. The van der Waals surface area contributed by atoms with Crippen molar-refractivity contribution in [2.45, 2.75) is 19.6 Å². The number of methoxy groups -OCH3 is 1. The van der Waals surface area contributed by atoms with Crippen LogP contribution in [-0.4, -0.2) is 19.8 Å². The standard InChI is InChI=1S/C12H10F6O3/c1-3-10(19-2)7-4-8(20-11(13,14)15)6-9(5-7)21-12(16,17)18/h3-6H,1-2H3. The lowest BCUT2D eigenvalue weighted by molar-refractivity contribution is -0.276. The van der Waals surface area contributed by atoms with Gasteiger partial charge in [-0.2, -0.15) is 0 Å². The van der Waals surface area contributed by atoms with E-state index < -0.39 is 24.2 Å². The van der Waals surface area contributed by atoms with E-state index in [4.69, 9.17) is 4.74 Å². The molecule has 0 bridgehead atoms. The second-order valence-corrected chi connectivity index (χ2v) is 3.65. The van der Waals surface area contributed by atoms with Gasteiger partial charge in [0.1, 0.15) is 17.3 Å². The van der Waals surface area contributed by atoms with Crippen molar-refractivity contribution in [3.05, 3.63) is 29.8 Å². The first-order valence-corrected chi connectivity index (χ1v) is 5.41. The number of allylic oxidation sites excluding steroid dienone is 1. The van der Waals surface area contributed by atoms with E-state index in [1.165, 1.54) is 20.1 Å². The summed E-state index contributed by atoms with van der Waals surface area (Å²) >= 11 is 0. The smallest absolute Gasteiger partial charge is 0.496 e. The van der Waals surface area contributed by atoms with Crippen molar-refractivity contribution in [3.63, 3.8) is 0 Å². The molecule has 1 aromatic carbocycles. The predicted octanol–water partition coefficient (Wildman–Crippen LogP) is 4.49. The Balaban J connectivity index is 3.25. The highest BCUT2D eigenvalue weighted by Crippen LogP contribution is 2.33. The molecule has 0 heterocycles. The predicted molar refractivity (Wildman–Crippen MR) is 60.5 cm³/mol. The second kappa shape index (κ2) is 6.15. The van der Waals surface area contributed by atoms with Crippen molar-refractivity contribution in [1.29, 1.82) is 0 Å². The molecule has 0 aliphatic heterocycles. The molecular weight excluding hydrogens is 306 g/mol. The van der Waals surface area contributed by atoms with E-state index in [2.05, 4.69) is 9.47 Å². The Morgan fingerprint density at radius 3 is 1.62 bits per heavy atom. The monoisotopic (exact) mass is 316 g/mol. The number of ether oxygens (including phenoxy) is 3.